The van der Waals surface area contributed by atoms with Crippen LogP contribution in [0.5, 0.6) is 5.75 Å². The molecule has 1 heterocycles. The molecule has 11 heteroatoms. The van der Waals surface area contributed by atoms with Gasteiger partial charge in [-0.05, 0) is 43.3 Å². The van der Waals surface area contributed by atoms with Gasteiger partial charge >= 0.3 is 5.97 Å². The lowest BCUT2D eigenvalue weighted by Crippen LogP contribution is -2.34. The van der Waals surface area contributed by atoms with E-state index in [4.69, 9.17) is 26.2 Å². The van der Waals surface area contributed by atoms with E-state index in [1.54, 1.807) is 0 Å². The van der Waals surface area contributed by atoms with Crippen molar-refractivity contribution < 1.29 is 33.4 Å². The zero-order chi connectivity index (χ0) is 27.3. The van der Waals surface area contributed by atoms with Gasteiger partial charge < -0.3 is 19.9 Å². The first kappa shape index (κ1) is 27.6. The highest BCUT2D eigenvalue weighted by Crippen LogP contribution is 2.37. The summed E-state index contributed by atoms with van der Waals surface area (Å²) in [6.07, 6.45) is 1.36. The number of carbonyl (C=O) groups excluding carboxylic acids is 2. The van der Waals surface area contributed by atoms with Gasteiger partial charge in [0.2, 0.25) is 5.91 Å². The van der Waals surface area contributed by atoms with Crippen molar-refractivity contribution in [2.24, 2.45) is 0 Å². The number of nitrogens with zero attached hydrogens (tertiary/aromatic N) is 1. The number of aromatic nitrogens is 1. The Labute approximate surface area is 216 Å². The van der Waals surface area contributed by atoms with Crippen LogP contribution in [0.4, 0.5) is 10.1 Å². The van der Waals surface area contributed by atoms with Crippen LogP contribution >= 0.6 is 11.6 Å². The second kappa shape index (κ2) is 11.8. The summed E-state index contributed by atoms with van der Waals surface area (Å²) < 4.78 is 26.7. The van der Waals surface area contributed by atoms with Crippen LogP contribution in [0.3, 0.4) is 0 Å². The van der Waals surface area contributed by atoms with Gasteiger partial charge in [0.1, 0.15) is 17.6 Å². The SMILES string of the molecule is COCCC(C(=O)Nc1ccc(C(=O)O)cc1)n1cc(OC)c(-c2c(C(C)=O)ccc(Cl)c2F)cc1=O. The molecule has 1 aromatic heterocycles. The number of pyridine rings is 1. The van der Waals surface area contributed by atoms with Crippen molar-refractivity contribution in [1.29, 1.82) is 0 Å². The van der Waals surface area contributed by atoms with E-state index < -0.39 is 35.1 Å². The molecule has 0 bridgehead atoms. The maximum atomic E-state index is 15.1. The standard InChI is InChI=1S/C26H24ClFN2O7/c1-14(31)17-8-9-19(27)24(28)23(17)18-12-22(32)30(13-21(18)37-3)20(10-11-36-2)25(33)29-16-6-4-15(5-7-16)26(34)35/h4-9,12-13,20H,10-11H2,1-3H3,(H,29,33)(H,34,35). The summed E-state index contributed by atoms with van der Waals surface area (Å²) in [5.41, 5.74) is -0.468. The first-order valence-electron chi connectivity index (χ1n) is 11.0. The molecule has 37 heavy (non-hydrogen) atoms. The van der Waals surface area contributed by atoms with Crippen molar-refractivity contribution in [3.8, 4) is 16.9 Å². The number of anilines is 1. The Morgan fingerprint density at radius 3 is 2.38 bits per heavy atom. The van der Waals surface area contributed by atoms with E-state index >= 15 is 4.39 Å². The molecule has 0 spiro atoms. The van der Waals surface area contributed by atoms with Crippen LogP contribution in [-0.4, -0.2) is 48.2 Å². The molecule has 0 aliphatic rings. The van der Waals surface area contributed by atoms with Crippen molar-refractivity contribution in [1.82, 2.24) is 4.57 Å². The van der Waals surface area contributed by atoms with Crippen LogP contribution in [0.2, 0.25) is 5.02 Å². The van der Waals surface area contributed by atoms with E-state index in [9.17, 15) is 19.2 Å². The molecular weight excluding hydrogens is 507 g/mol. The maximum absolute atomic E-state index is 15.1. The third-order valence-corrected chi connectivity index (χ3v) is 5.93. The lowest BCUT2D eigenvalue weighted by Gasteiger charge is -2.21. The van der Waals surface area contributed by atoms with Gasteiger partial charge in [-0.1, -0.05) is 11.6 Å². The molecule has 9 nitrogen and oxygen atoms in total. The third-order valence-electron chi connectivity index (χ3n) is 5.64. The van der Waals surface area contributed by atoms with Crippen molar-refractivity contribution in [2.45, 2.75) is 19.4 Å². The van der Waals surface area contributed by atoms with E-state index in [0.717, 1.165) is 10.6 Å². The normalized spacial score (nSPS) is 11.6. The number of carbonyl (C=O) groups is 3. The molecule has 0 saturated heterocycles. The Morgan fingerprint density at radius 1 is 1.14 bits per heavy atom. The summed E-state index contributed by atoms with van der Waals surface area (Å²) in [6.45, 7) is 1.39. The number of methoxy groups -OCH3 is 2. The van der Waals surface area contributed by atoms with Crippen molar-refractivity contribution >= 4 is 34.9 Å². The van der Waals surface area contributed by atoms with Crippen LogP contribution in [0.15, 0.2) is 53.5 Å². The molecule has 3 rings (SSSR count). The molecule has 2 aromatic carbocycles. The van der Waals surface area contributed by atoms with Gasteiger partial charge in [-0.15, -0.1) is 0 Å². The second-order valence-electron chi connectivity index (χ2n) is 8.01. The number of carboxylic acid groups (broad SMARTS) is 1. The number of Topliss-reactive ketones (excluding diaryl/α,β-unsaturated/α-hetero) is 1. The molecular formula is C26H24ClFN2O7. The van der Waals surface area contributed by atoms with Crippen LogP contribution < -0.4 is 15.6 Å². The summed E-state index contributed by atoms with van der Waals surface area (Å²) in [6, 6.07) is 8.13. The summed E-state index contributed by atoms with van der Waals surface area (Å²) in [5.74, 6) is -2.98. The number of halogens is 2. The first-order valence-corrected chi connectivity index (χ1v) is 11.4. The maximum Gasteiger partial charge on any atom is 0.335 e. The van der Waals surface area contributed by atoms with Crippen molar-refractivity contribution in [2.75, 3.05) is 26.1 Å². The number of rotatable bonds is 10. The molecule has 194 valence electrons. The minimum Gasteiger partial charge on any atom is -0.495 e. The average Bonchev–Trinajstić information content (AvgIpc) is 2.86. The Bertz CT molecular complexity index is 1400. The smallest absolute Gasteiger partial charge is 0.335 e. The van der Waals surface area contributed by atoms with E-state index in [1.165, 1.54) is 63.7 Å². The highest BCUT2D eigenvalue weighted by molar-refractivity contribution is 6.31. The second-order valence-corrected chi connectivity index (χ2v) is 8.42. The van der Waals surface area contributed by atoms with E-state index in [2.05, 4.69) is 5.32 Å². The predicted molar refractivity (Wildman–Crippen MR) is 135 cm³/mol. The molecule has 0 aliphatic carbocycles. The number of nitrogens with one attached hydrogen (secondary N) is 1. The molecule has 1 amide bonds. The minimum atomic E-state index is -1.11. The third kappa shape index (κ3) is 6.04. The minimum absolute atomic E-state index is 0.00380. The van der Waals surface area contributed by atoms with Gasteiger partial charge in [0.25, 0.3) is 5.56 Å². The number of ketones is 1. The molecule has 1 atom stereocenters. The van der Waals surface area contributed by atoms with E-state index in [1.807, 2.05) is 0 Å². The van der Waals surface area contributed by atoms with Crippen LogP contribution in [0, 0.1) is 5.82 Å². The lowest BCUT2D eigenvalue weighted by molar-refractivity contribution is -0.119. The fourth-order valence-electron chi connectivity index (χ4n) is 3.79. The van der Waals surface area contributed by atoms with E-state index in [0.29, 0.717) is 5.69 Å². The number of benzene rings is 2. The van der Waals surface area contributed by atoms with Gasteiger partial charge in [0.15, 0.2) is 5.78 Å². The molecule has 2 N–H and O–H groups in total. The number of ether oxygens (including phenoxy) is 2. The summed E-state index contributed by atoms with van der Waals surface area (Å²) in [5, 5.41) is 11.5. The van der Waals surface area contributed by atoms with Gasteiger partial charge in [-0.3, -0.25) is 19.0 Å². The monoisotopic (exact) mass is 530 g/mol. The molecule has 0 radical (unpaired) electrons. The Kier molecular flexibility index (Phi) is 8.80. The highest BCUT2D eigenvalue weighted by Gasteiger charge is 2.26. The first-order chi connectivity index (χ1) is 17.6. The summed E-state index contributed by atoms with van der Waals surface area (Å²) >= 11 is 5.95. The largest absolute Gasteiger partial charge is 0.495 e. The molecule has 1 unspecified atom stereocenters. The number of aromatic carboxylic acids is 1. The summed E-state index contributed by atoms with van der Waals surface area (Å²) in [4.78, 5) is 49.6. The number of hydrogen-bond acceptors (Lipinski definition) is 6. The Balaban J connectivity index is 2.08. The molecule has 0 aliphatic heterocycles. The van der Waals surface area contributed by atoms with E-state index in [-0.39, 0.29) is 46.1 Å². The zero-order valence-corrected chi connectivity index (χ0v) is 21.0. The van der Waals surface area contributed by atoms with Crippen molar-refractivity contribution in [3.63, 3.8) is 0 Å². The number of amides is 1. The van der Waals surface area contributed by atoms with Gasteiger partial charge in [-0.25, -0.2) is 9.18 Å². The lowest BCUT2D eigenvalue weighted by atomic mass is 9.96. The van der Waals surface area contributed by atoms with Gasteiger partial charge in [0, 0.05) is 48.6 Å². The van der Waals surface area contributed by atoms with Gasteiger partial charge in [0.05, 0.1) is 23.9 Å². The Hall–Kier alpha value is -4.02. The quantitative estimate of drug-likeness (QED) is 0.371. The number of carboxylic acids is 1. The van der Waals surface area contributed by atoms with Crippen LogP contribution in [0.25, 0.3) is 11.1 Å². The average molecular weight is 531 g/mol. The summed E-state index contributed by atoms with van der Waals surface area (Å²) in [7, 11) is 2.75. The fourth-order valence-corrected chi connectivity index (χ4v) is 3.94. The Morgan fingerprint density at radius 2 is 1.81 bits per heavy atom. The predicted octanol–water partition coefficient (Wildman–Crippen LogP) is 4.43. The molecule has 3 aromatic rings. The van der Waals surface area contributed by atoms with Gasteiger partial charge in [-0.2, -0.15) is 0 Å². The van der Waals surface area contributed by atoms with Crippen LogP contribution in [-0.2, 0) is 9.53 Å². The van der Waals surface area contributed by atoms with Crippen molar-refractivity contribution in [3.05, 3.63) is 81.0 Å². The topological polar surface area (TPSA) is 124 Å². The fraction of sp³-hybridized carbons (Fsp3) is 0.231. The highest BCUT2D eigenvalue weighted by atomic mass is 35.5. The molecule has 0 saturated carbocycles. The zero-order valence-electron chi connectivity index (χ0n) is 20.2. The number of hydrogen-bond donors (Lipinski definition) is 2. The molecule has 0 fully saturated rings. The van der Waals surface area contributed by atoms with Crippen LogP contribution in [0.1, 0.15) is 40.1 Å².